The molecule has 0 aromatic heterocycles. The van der Waals surface area contributed by atoms with E-state index in [0.29, 0.717) is 32.0 Å². The smallest absolute Gasteiger partial charge is 0.410 e. The monoisotopic (exact) mass is 263 g/mol. The molecule has 5 nitrogen and oxygen atoms in total. The number of carbonyl (C=O) groups is 1. The van der Waals surface area contributed by atoms with Gasteiger partial charge in [0, 0.05) is 25.4 Å². The number of hydrogen-bond donors (Lipinski definition) is 0. The van der Waals surface area contributed by atoms with E-state index in [9.17, 15) is 9.36 Å². The highest BCUT2D eigenvalue weighted by Gasteiger charge is 2.33. The number of ether oxygens (including phenoxy) is 1. The SMILES string of the molecule is CCOP1(=O)CCN(C(=O)OC(C)(C)C)CC1. The van der Waals surface area contributed by atoms with Gasteiger partial charge >= 0.3 is 6.09 Å². The van der Waals surface area contributed by atoms with Crippen LogP contribution in [0.4, 0.5) is 4.79 Å². The largest absolute Gasteiger partial charge is 0.444 e. The Bertz CT molecular complexity index is 312. The Morgan fingerprint density at radius 1 is 1.29 bits per heavy atom. The van der Waals surface area contributed by atoms with Crippen molar-refractivity contribution in [1.82, 2.24) is 4.90 Å². The highest BCUT2D eigenvalue weighted by molar-refractivity contribution is 7.59. The summed E-state index contributed by atoms with van der Waals surface area (Å²) >= 11 is 0. The maximum Gasteiger partial charge on any atom is 0.410 e. The van der Waals surface area contributed by atoms with Gasteiger partial charge in [0.25, 0.3) is 0 Å². The van der Waals surface area contributed by atoms with E-state index in [0.717, 1.165) is 0 Å². The van der Waals surface area contributed by atoms with Gasteiger partial charge in [0.05, 0.1) is 6.61 Å². The predicted molar refractivity (Wildman–Crippen MR) is 66.8 cm³/mol. The fraction of sp³-hybridized carbons (Fsp3) is 0.909. The zero-order chi connectivity index (χ0) is 13.1. The molecule has 0 aromatic rings. The molecule has 0 atom stereocenters. The molecule has 1 fully saturated rings. The van der Waals surface area contributed by atoms with Crippen LogP contribution in [-0.4, -0.2) is 48.6 Å². The van der Waals surface area contributed by atoms with E-state index >= 15 is 0 Å². The van der Waals surface area contributed by atoms with Crippen molar-refractivity contribution in [2.24, 2.45) is 0 Å². The van der Waals surface area contributed by atoms with Gasteiger partial charge in [-0.2, -0.15) is 0 Å². The standard InChI is InChI=1S/C11H22NO4P/c1-5-15-17(14)8-6-12(7-9-17)10(13)16-11(2,3)4/h5-9H2,1-4H3. The van der Waals surface area contributed by atoms with E-state index in [1.807, 2.05) is 27.7 Å². The van der Waals surface area contributed by atoms with Crippen molar-refractivity contribution in [2.45, 2.75) is 33.3 Å². The second-order valence-electron chi connectivity index (χ2n) is 5.15. The molecule has 1 amide bonds. The van der Waals surface area contributed by atoms with Crippen LogP contribution in [0.1, 0.15) is 27.7 Å². The van der Waals surface area contributed by atoms with Crippen molar-refractivity contribution in [1.29, 1.82) is 0 Å². The van der Waals surface area contributed by atoms with Crippen molar-refractivity contribution in [3.8, 4) is 0 Å². The Labute approximate surface area is 103 Å². The third-order valence-corrected chi connectivity index (χ3v) is 4.93. The van der Waals surface area contributed by atoms with Crippen LogP contribution in [0.2, 0.25) is 0 Å². The summed E-state index contributed by atoms with van der Waals surface area (Å²) in [5.41, 5.74) is -0.488. The van der Waals surface area contributed by atoms with Crippen LogP contribution in [0.5, 0.6) is 0 Å². The van der Waals surface area contributed by atoms with E-state index in [-0.39, 0.29) is 6.09 Å². The Morgan fingerprint density at radius 3 is 2.24 bits per heavy atom. The highest BCUT2D eigenvalue weighted by Crippen LogP contribution is 2.48. The quantitative estimate of drug-likeness (QED) is 0.718. The summed E-state index contributed by atoms with van der Waals surface area (Å²) in [5.74, 6) is 0. The molecule has 0 aliphatic carbocycles. The summed E-state index contributed by atoms with van der Waals surface area (Å²) in [6.07, 6.45) is 0.528. The fourth-order valence-electron chi connectivity index (χ4n) is 1.64. The Balaban J connectivity index is 2.47. The first-order valence-electron chi connectivity index (χ1n) is 5.96. The molecular formula is C11H22NO4P. The molecule has 0 aromatic carbocycles. The molecule has 0 saturated carbocycles. The van der Waals surface area contributed by atoms with Gasteiger partial charge in [-0.15, -0.1) is 0 Å². The van der Waals surface area contributed by atoms with E-state index in [4.69, 9.17) is 9.26 Å². The first-order chi connectivity index (χ1) is 7.76. The Hall–Kier alpha value is -0.540. The molecule has 100 valence electrons. The second kappa shape index (κ2) is 5.40. The summed E-state index contributed by atoms with van der Waals surface area (Å²) in [6, 6.07) is 0. The van der Waals surface area contributed by atoms with Gasteiger partial charge < -0.3 is 14.2 Å². The molecule has 1 heterocycles. The molecule has 0 bridgehead atoms. The molecule has 0 N–H and O–H groups in total. The first-order valence-corrected chi connectivity index (χ1v) is 7.96. The van der Waals surface area contributed by atoms with Gasteiger partial charge in [-0.1, -0.05) is 0 Å². The summed E-state index contributed by atoms with van der Waals surface area (Å²) in [4.78, 5) is 13.4. The molecule has 0 radical (unpaired) electrons. The number of nitrogens with zero attached hydrogens (tertiary/aromatic N) is 1. The molecule has 0 unspecified atom stereocenters. The third kappa shape index (κ3) is 4.68. The van der Waals surface area contributed by atoms with Gasteiger partial charge in [0.2, 0.25) is 7.37 Å². The second-order valence-corrected chi connectivity index (χ2v) is 7.93. The van der Waals surface area contributed by atoms with E-state index in [1.54, 1.807) is 4.90 Å². The predicted octanol–water partition coefficient (Wildman–Crippen LogP) is 2.55. The molecule has 17 heavy (non-hydrogen) atoms. The normalized spacial score (nSPS) is 20.1. The van der Waals surface area contributed by atoms with Gasteiger partial charge in [-0.25, -0.2) is 4.79 Å². The summed E-state index contributed by atoms with van der Waals surface area (Å²) in [6.45, 7) is 8.70. The van der Waals surface area contributed by atoms with E-state index < -0.39 is 13.0 Å². The number of carbonyl (C=O) groups excluding carboxylic acids is 1. The van der Waals surface area contributed by atoms with Crippen LogP contribution in [0.3, 0.4) is 0 Å². The molecule has 6 heteroatoms. The zero-order valence-electron chi connectivity index (χ0n) is 11.1. The average Bonchev–Trinajstić information content (AvgIpc) is 2.15. The summed E-state index contributed by atoms with van der Waals surface area (Å²) in [7, 11) is -2.49. The molecule has 0 spiro atoms. The van der Waals surface area contributed by atoms with Crippen LogP contribution < -0.4 is 0 Å². The van der Waals surface area contributed by atoms with Crippen molar-refractivity contribution >= 4 is 13.5 Å². The number of rotatable bonds is 2. The van der Waals surface area contributed by atoms with Crippen molar-refractivity contribution in [2.75, 3.05) is 32.0 Å². The average molecular weight is 263 g/mol. The third-order valence-electron chi connectivity index (χ3n) is 2.44. The Morgan fingerprint density at radius 2 is 1.82 bits per heavy atom. The van der Waals surface area contributed by atoms with Crippen LogP contribution in [-0.2, 0) is 13.8 Å². The lowest BCUT2D eigenvalue weighted by molar-refractivity contribution is 0.0263. The van der Waals surface area contributed by atoms with Gasteiger partial charge in [0.15, 0.2) is 0 Å². The summed E-state index contributed by atoms with van der Waals surface area (Å²) < 4.78 is 22.6. The Kier molecular flexibility index (Phi) is 4.62. The van der Waals surface area contributed by atoms with Crippen molar-refractivity contribution < 1.29 is 18.6 Å². The minimum atomic E-state index is -2.49. The number of amides is 1. The molecule has 1 aliphatic rings. The molecule has 1 saturated heterocycles. The van der Waals surface area contributed by atoms with Crippen LogP contribution >= 0.6 is 7.37 Å². The van der Waals surface area contributed by atoms with Crippen LogP contribution in [0, 0.1) is 0 Å². The minimum absolute atomic E-state index is 0.333. The lowest BCUT2D eigenvalue weighted by Crippen LogP contribution is -2.42. The van der Waals surface area contributed by atoms with E-state index in [1.165, 1.54) is 0 Å². The van der Waals surface area contributed by atoms with Gasteiger partial charge in [-0.3, -0.25) is 4.57 Å². The van der Waals surface area contributed by atoms with E-state index in [2.05, 4.69) is 0 Å². The lowest BCUT2D eigenvalue weighted by Gasteiger charge is -2.33. The molecule has 1 rings (SSSR count). The van der Waals surface area contributed by atoms with Gasteiger partial charge in [0.1, 0.15) is 5.60 Å². The molecular weight excluding hydrogens is 241 g/mol. The van der Waals surface area contributed by atoms with Crippen LogP contribution in [0.15, 0.2) is 0 Å². The fourth-order valence-corrected chi connectivity index (χ4v) is 3.69. The first kappa shape index (κ1) is 14.5. The topological polar surface area (TPSA) is 55.8 Å². The number of hydrogen-bond acceptors (Lipinski definition) is 4. The summed E-state index contributed by atoms with van der Waals surface area (Å²) in [5, 5.41) is 0. The van der Waals surface area contributed by atoms with Crippen LogP contribution in [0.25, 0.3) is 0 Å². The minimum Gasteiger partial charge on any atom is -0.444 e. The maximum atomic E-state index is 12.1. The zero-order valence-corrected chi connectivity index (χ0v) is 12.0. The lowest BCUT2D eigenvalue weighted by atomic mass is 10.2. The molecule has 1 aliphatic heterocycles. The highest BCUT2D eigenvalue weighted by atomic mass is 31.2. The van der Waals surface area contributed by atoms with Gasteiger partial charge in [-0.05, 0) is 27.7 Å². The van der Waals surface area contributed by atoms with Crippen molar-refractivity contribution in [3.63, 3.8) is 0 Å². The van der Waals surface area contributed by atoms with Crippen molar-refractivity contribution in [3.05, 3.63) is 0 Å². The maximum absolute atomic E-state index is 12.1.